The number of nitrogen functional groups attached to an aromatic ring is 1. The summed E-state index contributed by atoms with van der Waals surface area (Å²) in [5.74, 6) is 0.444. The number of pyridine rings is 1. The average molecular weight is 272 g/mol. The highest BCUT2D eigenvalue weighted by Gasteiger charge is 2.25. The van der Waals surface area contributed by atoms with E-state index in [1.807, 2.05) is 30.3 Å². The highest BCUT2D eigenvalue weighted by atomic mass is 16.3. The lowest BCUT2D eigenvalue weighted by atomic mass is 10.0. The monoisotopic (exact) mass is 272 g/mol. The Balaban J connectivity index is 2.17. The first-order chi connectivity index (χ1) is 9.68. The van der Waals surface area contributed by atoms with Crippen LogP contribution >= 0.6 is 0 Å². The molecule has 3 rings (SSSR count). The lowest BCUT2D eigenvalue weighted by molar-refractivity contribution is 0.105. The van der Waals surface area contributed by atoms with Crippen LogP contribution in [-0.2, 0) is 0 Å². The van der Waals surface area contributed by atoms with E-state index in [4.69, 9.17) is 5.73 Å². The van der Waals surface area contributed by atoms with Crippen molar-refractivity contribution in [1.29, 1.82) is 0 Å². The molecule has 20 heavy (non-hydrogen) atoms. The van der Waals surface area contributed by atoms with Crippen LogP contribution in [0.3, 0.4) is 0 Å². The minimum Gasteiger partial charge on any atom is -0.391 e. The molecule has 0 saturated heterocycles. The van der Waals surface area contributed by atoms with E-state index in [1.165, 1.54) is 0 Å². The highest BCUT2D eigenvalue weighted by Crippen LogP contribution is 2.29. The van der Waals surface area contributed by atoms with Gasteiger partial charge in [0.15, 0.2) is 0 Å². The van der Waals surface area contributed by atoms with Crippen LogP contribution in [0.2, 0.25) is 0 Å². The van der Waals surface area contributed by atoms with Gasteiger partial charge in [-0.25, -0.2) is 0 Å². The molecular weight excluding hydrogens is 252 g/mol. The summed E-state index contributed by atoms with van der Waals surface area (Å²) in [4.78, 5) is 12.7. The molecule has 4 heteroatoms. The van der Waals surface area contributed by atoms with Gasteiger partial charge in [-0.1, -0.05) is 37.5 Å². The van der Waals surface area contributed by atoms with E-state index < -0.39 is 6.10 Å². The van der Waals surface area contributed by atoms with Gasteiger partial charge in [-0.15, -0.1) is 0 Å². The Labute approximate surface area is 117 Å². The number of fused-ring (bicyclic) bond motifs is 1. The van der Waals surface area contributed by atoms with Crippen LogP contribution in [-0.4, -0.2) is 15.8 Å². The maximum atomic E-state index is 12.7. The molecule has 0 aliphatic heterocycles. The van der Waals surface area contributed by atoms with Crippen LogP contribution < -0.4 is 11.3 Å². The molecule has 2 unspecified atom stereocenters. The molecule has 2 atom stereocenters. The van der Waals surface area contributed by atoms with Gasteiger partial charge in [0.2, 0.25) is 0 Å². The molecule has 0 spiro atoms. The standard InChI is InChI=1S/C16H20N2O2/c17-15-10-11-6-4-5-7-12(11)16(20)18(15)13-8-2-1-3-9-14(13)19/h4-7,10,13-14,19H,1-3,8-9,17H2. The van der Waals surface area contributed by atoms with Crippen LogP contribution in [0, 0.1) is 0 Å². The molecule has 1 aliphatic rings. The fourth-order valence-electron chi connectivity index (χ4n) is 3.21. The molecule has 2 aromatic rings. The molecule has 1 aliphatic carbocycles. The molecule has 1 aromatic carbocycles. The van der Waals surface area contributed by atoms with Gasteiger partial charge in [0.1, 0.15) is 5.82 Å². The van der Waals surface area contributed by atoms with Crippen LogP contribution in [0.5, 0.6) is 0 Å². The Bertz CT molecular complexity index is 678. The summed E-state index contributed by atoms with van der Waals surface area (Å²) in [6.07, 6.45) is 4.21. The fraction of sp³-hybridized carbons (Fsp3) is 0.438. The number of aliphatic hydroxyl groups excluding tert-OH is 1. The molecule has 106 valence electrons. The van der Waals surface area contributed by atoms with Gasteiger partial charge in [0.25, 0.3) is 5.56 Å². The maximum absolute atomic E-state index is 12.7. The summed E-state index contributed by atoms with van der Waals surface area (Å²) in [6, 6.07) is 9.08. The Morgan fingerprint density at radius 3 is 2.75 bits per heavy atom. The number of aromatic nitrogens is 1. The van der Waals surface area contributed by atoms with Crippen molar-refractivity contribution >= 4 is 16.6 Å². The number of benzene rings is 1. The van der Waals surface area contributed by atoms with E-state index in [0.717, 1.165) is 37.5 Å². The first-order valence-corrected chi connectivity index (χ1v) is 7.26. The first-order valence-electron chi connectivity index (χ1n) is 7.26. The van der Waals surface area contributed by atoms with E-state index in [9.17, 15) is 9.90 Å². The van der Waals surface area contributed by atoms with Crippen molar-refractivity contribution in [2.45, 2.75) is 44.2 Å². The molecular formula is C16H20N2O2. The van der Waals surface area contributed by atoms with Gasteiger partial charge < -0.3 is 10.8 Å². The topological polar surface area (TPSA) is 68.2 Å². The van der Waals surface area contributed by atoms with Gasteiger partial charge in [0, 0.05) is 5.39 Å². The van der Waals surface area contributed by atoms with Crippen molar-refractivity contribution < 1.29 is 5.11 Å². The number of nitrogens with two attached hydrogens (primary N) is 1. The molecule has 0 bridgehead atoms. The van der Waals surface area contributed by atoms with Crippen LogP contribution in [0.4, 0.5) is 5.82 Å². The summed E-state index contributed by atoms with van der Waals surface area (Å²) in [5.41, 5.74) is 5.99. The summed E-state index contributed by atoms with van der Waals surface area (Å²) in [7, 11) is 0. The largest absolute Gasteiger partial charge is 0.391 e. The number of nitrogens with zero attached hydrogens (tertiary/aromatic N) is 1. The molecule has 4 nitrogen and oxygen atoms in total. The smallest absolute Gasteiger partial charge is 0.260 e. The minimum atomic E-state index is -0.487. The second-order valence-corrected chi connectivity index (χ2v) is 5.60. The van der Waals surface area contributed by atoms with Crippen molar-refractivity contribution in [2.75, 3.05) is 5.73 Å². The van der Waals surface area contributed by atoms with Crippen molar-refractivity contribution in [3.63, 3.8) is 0 Å². The quantitative estimate of drug-likeness (QED) is 0.783. The predicted molar refractivity (Wildman–Crippen MR) is 80.7 cm³/mol. The van der Waals surface area contributed by atoms with Crippen LogP contribution in [0.1, 0.15) is 38.1 Å². The molecule has 1 heterocycles. The van der Waals surface area contributed by atoms with E-state index >= 15 is 0 Å². The number of rotatable bonds is 1. The molecule has 0 amide bonds. The lowest BCUT2D eigenvalue weighted by Gasteiger charge is -2.25. The van der Waals surface area contributed by atoms with Crippen molar-refractivity contribution in [1.82, 2.24) is 4.57 Å². The summed E-state index contributed by atoms with van der Waals surface area (Å²) >= 11 is 0. The summed E-state index contributed by atoms with van der Waals surface area (Å²) in [6.45, 7) is 0. The summed E-state index contributed by atoms with van der Waals surface area (Å²) in [5, 5.41) is 11.8. The third-order valence-corrected chi connectivity index (χ3v) is 4.27. The lowest BCUT2D eigenvalue weighted by Crippen LogP contribution is -2.33. The normalized spacial score (nSPS) is 23.6. The van der Waals surface area contributed by atoms with E-state index in [0.29, 0.717) is 11.2 Å². The maximum Gasteiger partial charge on any atom is 0.260 e. The second-order valence-electron chi connectivity index (χ2n) is 5.60. The molecule has 1 aromatic heterocycles. The Morgan fingerprint density at radius 2 is 1.90 bits per heavy atom. The van der Waals surface area contributed by atoms with Gasteiger partial charge in [0.05, 0.1) is 12.1 Å². The fourth-order valence-corrected chi connectivity index (χ4v) is 3.21. The Hall–Kier alpha value is -1.81. The van der Waals surface area contributed by atoms with Gasteiger partial charge in [-0.2, -0.15) is 0 Å². The number of hydrogen-bond acceptors (Lipinski definition) is 3. The molecule has 3 N–H and O–H groups in total. The second kappa shape index (κ2) is 5.29. The zero-order valence-corrected chi connectivity index (χ0v) is 11.5. The number of aliphatic hydroxyl groups is 1. The predicted octanol–water partition coefficient (Wildman–Crippen LogP) is 2.45. The zero-order valence-electron chi connectivity index (χ0n) is 11.5. The van der Waals surface area contributed by atoms with Gasteiger partial charge in [-0.05, 0) is 30.4 Å². The SMILES string of the molecule is Nc1cc2ccccc2c(=O)n1C1CCCCCC1O. The van der Waals surface area contributed by atoms with Crippen molar-refractivity contribution in [2.24, 2.45) is 0 Å². The van der Waals surface area contributed by atoms with E-state index in [-0.39, 0.29) is 11.6 Å². The number of anilines is 1. The molecule has 0 radical (unpaired) electrons. The number of hydrogen-bond donors (Lipinski definition) is 2. The van der Waals surface area contributed by atoms with E-state index in [2.05, 4.69) is 0 Å². The Morgan fingerprint density at radius 1 is 1.15 bits per heavy atom. The first kappa shape index (κ1) is 13.2. The van der Waals surface area contributed by atoms with Crippen molar-refractivity contribution in [3.05, 3.63) is 40.7 Å². The Kier molecular flexibility index (Phi) is 3.49. The minimum absolute atomic E-state index is 0.0912. The average Bonchev–Trinajstić information content (AvgIpc) is 2.64. The summed E-state index contributed by atoms with van der Waals surface area (Å²) < 4.78 is 1.60. The van der Waals surface area contributed by atoms with E-state index in [1.54, 1.807) is 4.57 Å². The molecule has 1 fully saturated rings. The highest BCUT2D eigenvalue weighted by molar-refractivity contribution is 5.83. The van der Waals surface area contributed by atoms with Gasteiger partial charge in [-0.3, -0.25) is 9.36 Å². The zero-order chi connectivity index (χ0) is 14.1. The third kappa shape index (κ3) is 2.20. The van der Waals surface area contributed by atoms with Crippen LogP contribution in [0.15, 0.2) is 35.1 Å². The third-order valence-electron chi connectivity index (χ3n) is 4.27. The van der Waals surface area contributed by atoms with Crippen molar-refractivity contribution in [3.8, 4) is 0 Å². The van der Waals surface area contributed by atoms with Crippen LogP contribution in [0.25, 0.3) is 10.8 Å². The molecule has 1 saturated carbocycles. The van der Waals surface area contributed by atoms with Gasteiger partial charge >= 0.3 is 0 Å².